The van der Waals surface area contributed by atoms with Crippen LogP contribution in [0.15, 0.2) is 28.8 Å². The van der Waals surface area contributed by atoms with Crippen molar-refractivity contribution in [3.63, 3.8) is 0 Å². The van der Waals surface area contributed by atoms with Crippen LogP contribution in [0.5, 0.6) is 0 Å². The summed E-state index contributed by atoms with van der Waals surface area (Å²) in [5.41, 5.74) is 1.91. The summed E-state index contributed by atoms with van der Waals surface area (Å²) in [6, 6.07) is 7.70. The zero-order valence-corrected chi connectivity index (χ0v) is 8.86. The maximum absolute atomic E-state index is 5.55. The monoisotopic (exact) mass is 224 g/mol. The first-order chi connectivity index (χ1) is 7.29. The number of halogens is 1. The van der Waals surface area contributed by atoms with Gasteiger partial charge in [0.1, 0.15) is 0 Å². The molecule has 0 aliphatic heterocycles. The summed E-state index contributed by atoms with van der Waals surface area (Å²) >= 11 is 5.55. The molecule has 0 atom stereocenters. The lowest BCUT2D eigenvalue weighted by molar-refractivity contribution is 0.185. The predicted molar refractivity (Wildman–Crippen MR) is 55.5 cm³/mol. The first-order valence-corrected chi connectivity index (χ1v) is 4.75. The molecule has 15 heavy (non-hydrogen) atoms. The average Bonchev–Trinajstić information content (AvgIpc) is 2.66. The van der Waals surface area contributed by atoms with Gasteiger partial charge in [-0.2, -0.15) is 4.98 Å². The molecule has 0 spiro atoms. The van der Waals surface area contributed by atoms with Crippen LogP contribution in [-0.2, 0) is 11.3 Å². The molecule has 0 radical (unpaired) electrons. The van der Waals surface area contributed by atoms with Crippen molar-refractivity contribution in [3.05, 3.63) is 35.2 Å². The first-order valence-electron chi connectivity index (χ1n) is 4.37. The second-order valence-corrected chi connectivity index (χ2v) is 3.33. The molecular formula is C10H9ClN2O2. The fourth-order valence-corrected chi connectivity index (χ4v) is 1.40. The lowest BCUT2D eigenvalue weighted by Gasteiger charge is -2.00. The average molecular weight is 225 g/mol. The van der Waals surface area contributed by atoms with Gasteiger partial charge in [0.15, 0.2) is 0 Å². The Hall–Kier alpha value is -1.39. The molecule has 0 N–H and O–H groups in total. The minimum atomic E-state index is 0.0437. The second kappa shape index (κ2) is 4.42. The standard InChI is InChI=1S/C10H9ClN2O2/c1-14-6-7-3-2-4-8(5-7)9-12-10(11)15-13-9/h2-5H,6H2,1H3. The number of nitrogens with zero attached hydrogens (tertiary/aromatic N) is 2. The molecule has 0 bridgehead atoms. The van der Waals surface area contributed by atoms with E-state index < -0.39 is 0 Å². The highest BCUT2D eigenvalue weighted by atomic mass is 35.5. The third-order valence-electron chi connectivity index (χ3n) is 1.90. The SMILES string of the molecule is COCc1cccc(-c2noc(Cl)n2)c1. The van der Waals surface area contributed by atoms with Crippen molar-refractivity contribution in [1.29, 1.82) is 0 Å². The Balaban J connectivity index is 2.32. The van der Waals surface area contributed by atoms with Gasteiger partial charge in [-0.05, 0) is 23.2 Å². The molecule has 0 aliphatic rings. The van der Waals surface area contributed by atoms with Crippen LogP contribution in [0.25, 0.3) is 11.4 Å². The molecule has 1 aromatic heterocycles. The Bertz CT molecular complexity index is 456. The van der Waals surface area contributed by atoms with E-state index in [4.69, 9.17) is 20.9 Å². The van der Waals surface area contributed by atoms with Gasteiger partial charge in [-0.15, -0.1) is 0 Å². The minimum absolute atomic E-state index is 0.0437. The summed E-state index contributed by atoms with van der Waals surface area (Å²) < 4.78 is 9.73. The predicted octanol–water partition coefficient (Wildman–Crippen LogP) is 2.54. The summed E-state index contributed by atoms with van der Waals surface area (Å²) in [4.78, 5) is 3.93. The summed E-state index contributed by atoms with van der Waals surface area (Å²) in [6.07, 6.45) is 0. The molecule has 0 aliphatic carbocycles. The molecule has 78 valence electrons. The van der Waals surface area contributed by atoms with Crippen molar-refractivity contribution in [1.82, 2.24) is 10.1 Å². The highest BCUT2D eigenvalue weighted by molar-refractivity contribution is 6.27. The second-order valence-electron chi connectivity index (χ2n) is 3.00. The molecule has 1 heterocycles. The summed E-state index contributed by atoms with van der Waals surface area (Å²) in [5.74, 6) is 0.484. The van der Waals surface area contributed by atoms with Crippen LogP contribution in [0.2, 0.25) is 5.35 Å². The Morgan fingerprint density at radius 1 is 1.47 bits per heavy atom. The first kappa shape index (κ1) is 10.1. The van der Waals surface area contributed by atoms with Crippen molar-refractivity contribution in [2.24, 2.45) is 0 Å². The number of ether oxygens (including phenoxy) is 1. The van der Waals surface area contributed by atoms with E-state index in [9.17, 15) is 0 Å². The topological polar surface area (TPSA) is 48.2 Å². The third-order valence-corrected chi connectivity index (χ3v) is 2.05. The third kappa shape index (κ3) is 2.34. The van der Waals surface area contributed by atoms with Gasteiger partial charge in [-0.1, -0.05) is 23.4 Å². The van der Waals surface area contributed by atoms with Crippen molar-refractivity contribution in [2.75, 3.05) is 7.11 Å². The quantitative estimate of drug-likeness (QED) is 0.804. The smallest absolute Gasteiger partial charge is 0.320 e. The van der Waals surface area contributed by atoms with Gasteiger partial charge >= 0.3 is 5.35 Å². The number of methoxy groups -OCH3 is 1. The zero-order valence-electron chi connectivity index (χ0n) is 8.11. The lowest BCUT2D eigenvalue weighted by atomic mass is 10.1. The molecule has 1 aromatic carbocycles. The molecule has 4 nitrogen and oxygen atoms in total. The van der Waals surface area contributed by atoms with Gasteiger partial charge in [0.2, 0.25) is 5.82 Å². The molecule has 2 rings (SSSR count). The van der Waals surface area contributed by atoms with Crippen molar-refractivity contribution < 1.29 is 9.26 Å². The Labute approximate surface area is 91.8 Å². The van der Waals surface area contributed by atoms with Gasteiger partial charge in [0.25, 0.3) is 0 Å². The number of hydrogen-bond donors (Lipinski definition) is 0. The zero-order chi connectivity index (χ0) is 10.7. The Morgan fingerprint density at radius 2 is 2.33 bits per heavy atom. The lowest BCUT2D eigenvalue weighted by Crippen LogP contribution is -1.88. The van der Waals surface area contributed by atoms with Crippen LogP contribution in [0.4, 0.5) is 0 Å². The van der Waals surface area contributed by atoms with Crippen molar-refractivity contribution in [2.45, 2.75) is 6.61 Å². The van der Waals surface area contributed by atoms with E-state index in [0.29, 0.717) is 12.4 Å². The van der Waals surface area contributed by atoms with E-state index in [1.165, 1.54) is 0 Å². The van der Waals surface area contributed by atoms with Gasteiger partial charge < -0.3 is 9.26 Å². The molecule has 0 saturated carbocycles. The Kier molecular flexibility index (Phi) is 2.99. The normalized spacial score (nSPS) is 10.5. The molecule has 0 unspecified atom stereocenters. The fraction of sp³-hybridized carbons (Fsp3) is 0.200. The molecule has 0 saturated heterocycles. The number of aromatic nitrogens is 2. The molecule has 5 heteroatoms. The van der Waals surface area contributed by atoms with Gasteiger partial charge in [0, 0.05) is 12.7 Å². The van der Waals surface area contributed by atoms with Gasteiger partial charge in [0.05, 0.1) is 6.61 Å². The van der Waals surface area contributed by atoms with Crippen LogP contribution < -0.4 is 0 Å². The minimum Gasteiger partial charge on any atom is -0.380 e. The summed E-state index contributed by atoms with van der Waals surface area (Å²) in [5, 5.41) is 3.77. The number of rotatable bonds is 3. The van der Waals surface area contributed by atoms with Gasteiger partial charge in [-0.25, -0.2) is 0 Å². The molecular weight excluding hydrogens is 216 g/mol. The molecule has 0 amide bonds. The summed E-state index contributed by atoms with van der Waals surface area (Å²) in [6.45, 7) is 0.555. The van der Waals surface area contributed by atoms with Crippen LogP contribution in [-0.4, -0.2) is 17.3 Å². The van der Waals surface area contributed by atoms with E-state index >= 15 is 0 Å². The summed E-state index contributed by atoms with van der Waals surface area (Å²) in [7, 11) is 1.65. The van der Waals surface area contributed by atoms with E-state index in [2.05, 4.69) is 10.1 Å². The number of benzene rings is 1. The van der Waals surface area contributed by atoms with Crippen molar-refractivity contribution >= 4 is 11.6 Å². The van der Waals surface area contributed by atoms with Crippen LogP contribution in [0, 0.1) is 0 Å². The highest BCUT2D eigenvalue weighted by Gasteiger charge is 2.06. The van der Waals surface area contributed by atoms with E-state index in [0.717, 1.165) is 11.1 Å². The largest absolute Gasteiger partial charge is 0.380 e. The fourth-order valence-electron chi connectivity index (χ4n) is 1.29. The van der Waals surface area contributed by atoms with Crippen molar-refractivity contribution in [3.8, 4) is 11.4 Å². The van der Waals surface area contributed by atoms with E-state index in [1.54, 1.807) is 7.11 Å². The maximum Gasteiger partial charge on any atom is 0.320 e. The van der Waals surface area contributed by atoms with Gasteiger partial charge in [-0.3, -0.25) is 0 Å². The van der Waals surface area contributed by atoms with Crippen LogP contribution in [0.1, 0.15) is 5.56 Å². The van der Waals surface area contributed by atoms with E-state index in [1.807, 2.05) is 24.3 Å². The van der Waals surface area contributed by atoms with E-state index in [-0.39, 0.29) is 5.35 Å². The highest BCUT2D eigenvalue weighted by Crippen LogP contribution is 2.19. The number of hydrogen-bond acceptors (Lipinski definition) is 4. The van der Waals surface area contributed by atoms with Crippen LogP contribution >= 0.6 is 11.6 Å². The molecule has 0 fully saturated rings. The maximum atomic E-state index is 5.55. The molecule has 2 aromatic rings. The van der Waals surface area contributed by atoms with Crippen LogP contribution in [0.3, 0.4) is 0 Å². The Morgan fingerprint density at radius 3 is 3.00 bits per heavy atom.